The van der Waals surface area contributed by atoms with Gasteiger partial charge in [0.05, 0.1) is 17.2 Å². The number of hydrogen-bond donors (Lipinski definition) is 0. The van der Waals surface area contributed by atoms with Crippen LogP contribution >= 0.6 is 22.7 Å². The number of ether oxygens (including phenoxy) is 1. The Labute approximate surface area is 161 Å². The molecule has 1 aromatic carbocycles. The highest BCUT2D eigenvalue weighted by Crippen LogP contribution is 2.13. The molecule has 0 saturated carbocycles. The second kappa shape index (κ2) is 7.26. The molecule has 0 spiro atoms. The Kier molecular flexibility index (Phi) is 4.66. The summed E-state index contributed by atoms with van der Waals surface area (Å²) in [5.74, 6) is 0.105. The summed E-state index contributed by atoms with van der Waals surface area (Å²) < 4.78 is 6.52. The van der Waals surface area contributed by atoms with Crippen LogP contribution in [0.5, 0.6) is 0 Å². The lowest BCUT2D eigenvalue weighted by atomic mass is 10.1. The van der Waals surface area contributed by atoms with E-state index in [0.29, 0.717) is 20.9 Å². The van der Waals surface area contributed by atoms with Gasteiger partial charge in [-0.15, -0.1) is 16.4 Å². The zero-order chi connectivity index (χ0) is 18.8. The largest absolute Gasteiger partial charge is 0.465 e. The number of hydrogen-bond acceptors (Lipinski definition) is 7. The van der Waals surface area contributed by atoms with E-state index in [1.165, 1.54) is 23.0 Å². The van der Waals surface area contributed by atoms with E-state index in [2.05, 4.69) is 14.8 Å². The zero-order valence-electron chi connectivity index (χ0n) is 14.2. The highest BCUT2D eigenvalue weighted by molar-refractivity contribution is 7.15. The number of carbonyl (C=O) groups is 1. The third-order valence-electron chi connectivity index (χ3n) is 3.77. The molecule has 0 atom stereocenters. The van der Waals surface area contributed by atoms with Crippen LogP contribution in [0.15, 0.2) is 46.6 Å². The van der Waals surface area contributed by atoms with Crippen LogP contribution in [0.2, 0.25) is 0 Å². The number of carbonyl (C=O) groups excluding carboxylic acids is 1. The molecule has 0 aliphatic carbocycles. The van der Waals surface area contributed by atoms with Crippen LogP contribution in [-0.2, 0) is 4.74 Å². The van der Waals surface area contributed by atoms with Crippen molar-refractivity contribution in [3.8, 4) is 0 Å². The summed E-state index contributed by atoms with van der Waals surface area (Å²) in [4.78, 5) is 30.1. The molecule has 0 amide bonds. The Bertz CT molecular complexity index is 1240. The first-order chi connectivity index (χ1) is 13.1. The maximum atomic E-state index is 12.5. The number of rotatable bonds is 4. The van der Waals surface area contributed by atoms with Crippen molar-refractivity contribution in [3.63, 3.8) is 0 Å². The molecule has 0 aliphatic heterocycles. The maximum absolute atomic E-state index is 12.5. The number of methoxy groups -OCH3 is 1. The SMILES string of the molecule is COC(=O)c1ccc(C=c2sc3nc(C=Cc4cccs4)nn3c2=O)cc1. The van der Waals surface area contributed by atoms with Crippen molar-refractivity contribution in [2.45, 2.75) is 0 Å². The molecule has 8 heteroatoms. The van der Waals surface area contributed by atoms with Crippen LogP contribution in [0.4, 0.5) is 0 Å². The predicted octanol–water partition coefficient (Wildman–Crippen LogP) is 2.72. The molecule has 0 unspecified atom stereocenters. The van der Waals surface area contributed by atoms with E-state index in [-0.39, 0.29) is 5.56 Å². The van der Waals surface area contributed by atoms with Gasteiger partial charge < -0.3 is 4.74 Å². The summed E-state index contributed by atoms with van der Waals surface area (Å²) in [5, 5.41) is 6.26. The van der Waals surface area contributed by atoms with Crippen molar-refractivity contribution in [1.29, 1.82) is 0 Å². The molecule has 4 rings (SSSR count). The first kappa shape index (κ1) is 17.3. The third-order valence-corrected chi connectivity index (χ3v) is 5.56. The first-order valence-corrected chi connectivity index (χ1v) is 9.65. The van der Waals surface area contributed by atoms with Gasteiger partial charge in [-0.25, -0.2) is 4.79 Å². The first-order valence-electron chi connectivity index (χ1n) is 7.95. The fourth-order valence-corrected chi connectivity index (χ4v) is 3.98. The maximum Gasteiger partial charge on any atom is 0.337 e. The second-order valence-corrected chi connectivity index (χ2v) is 7.53. The summed E-state index contributed by atoms with van der Waals surface area (Å²) in [6.07, 6.45) is 5.47. The van der Waals surface area contributed by atoms with Crippen LogP contribution in [0.3, 0.4) is 0 Å². The fourth-order valence-electron chi connectivity index (χ4n) is 2.45. The standard InChI is InChI=1S/C19H13N3O3S2/c1-25-18(24)13-6-4-12(5-7-13)11-15-17(23)22-19(27-15)20-16(21-22)9-8-14-3-2-10-26-14/h2-11H,1H3. The molecule has 0 aliphatic rings. The van der Waals surface area contributed by atoms with Gasteiger partial charge in [0.25, 0.3) is 5.56 Å². The molecular weight excluding hydrogens is 382 g/mol. The van der Waals surface area contributed by atoms with Crippen molar-refractivity contribution < 1.29 is 9.53 Å². The van der Waals surface area contributed by atoms with Gasteiger partial charge >= 0.3 is 5.97 Å². The van der Waals surface area contributed by atoms with Gasteiger partial charge in [-0.3, -0.25) is 4.79 Å². The summed E-state index contributed by atoms with van der Waals surface area (Å²) in [6.45, 7) is 0. The smallest absolute Gasteiger partial charge is 0.337 e. The lowest BCUT2D eigenvalue weighted by Crippen LogP contribution is -2.23. The minimum absolute atomic E-state index is 0.213. The summed E-state index contributed by atoms with van der Waals surface area (Å²) in [5.41, 5.74) is 1.05. The number of nitrogens with zero attached hydrogens (tertiary/aromatic N) is 3. The number of thiophene rings is 1. The monoisotopic (exact) mass is 395 g/mol. The number of thiazole rings is 1. The van der Waals surface area contributed by atoms with Crippen molar-refractivity contribution in [2.75, 3.05) is 7.11 Å². The average Bonchev–Trinajstić information content (AvgIpc) is 3.40. The van der Waals surface area contributed by atoms with Crippen molar-refractivity contribution in [1.82, 2.24) is 14.6 Å². The van der Waals surface area contributed by atoms with Gasteiger partial charge in [0.15, 0.2) is 5.82 Å². The number of aromatic nitrogens is 3. The van der Waals surface area contributed by atoms with Gasteiger partial charge in [-0.05, 0) is 47.4 Å². The molecule has 4 aromatic rings. The minimum Gasteiger partial charge on any atom is -0.465 e. The van der Waals surface area contributed by atoms with Crippen LogP contribution in [0, 0.1) is 0 Å². The van der Waals surface area contributed by atoms with Crippen LogP contribution in [-0.4, -0.2) is 27.7 Å². The van der Waals surface area contributed by atoms with Crippen molar-refractivity contribution in [3.05, 3.63) is 78.5 Å². The number of benzene rings is 1. The average molecular weight is 395 g/mol. The highest BCUT2D eigenvalue weighted by atomic mass is 32.1. The third kappa shape index (κ3) is 3.57. The van der Waals surface area contributed by atoms with Gasteiger partial charge in [0.2, 0.25) is 4.96 Å². The van der Waals surface area contributed by atoms with Gasteiger partial charge in [-0.2, -0.15) is 9.50 Å². The van der Waals surface area contributed by atoms with Gasteiger partial charge in [0.1, 0.15) is 0 Å². The predicted molar refractivity (Wildman–Crippen MR) is 107 cm³/mol. The van der Waals surface area contributed by atoms with E-state index in [4.69, 9.17) is 0 Å². The van der Waals surface area contributed by atoms with E-state index in [9.17, 15) is 9.59 Å². The molecule has 0 N–H and O–H groups in total. The molecule has 0 fully saturated rings. The molecule has 6 nitrogen and oxygen atoms in total. The van der Waals surface area contributed by atoms with E-state index in [1.54, 1.807) is 47.8 Å². The van der Waals surface area contributed by atoms with Crippen LogP contribution in [0.25, 0.3) is 23.2 Å². The van der Waals surface area contributed by atoms with Crippen LogP contribution in [0.1, 0.15) is 26.6 Å². The summed E-state index contributed by atoms with van der Waals surface area (Å²) in [7, 11) is 1.34. The Morgan fingerprint density at radius 3 is 2.67 bits per heavy atom. The van der Waals surface area contributed by atoms with E-state index in [0.717, 1.165) is 10.4 Å². The topological polar surface area (TPSA) is 73.6 Å². The molecule has 3 heterocycles. The molecule has 27 heavy (non-hydrogen) atoms. The quantitative estimate of drug-likeness (QED) is 0.497. The van der Waals surface area contributed by atoms with Gasteiger partial charge in [-0.1, -0.05) is 29.5 Å². The second-order valence-electron chi connectivity index (χ2n) is 5.54. The van der Waals surface area contributed by atoms with Crippen LogP contribution < -0.4 is 10.1 Å². The molecule has 0 bridgehead atoms. The normalized spacial score (nSPS) is 12.3. The fraction of sp³-hybridized carbons (Fsp3) is 0.0526. The Balaban J connectivity index is 1.64. The molecular formula is C19H13N3O3S2. The number of fused-ring (bicyclic) bond motifs is 1. The van der Waals surface area contributed by atoms with E-state index >= 15 is 0 Å². The molecule has 3 aromatic heterocycles. The van der Waals surface area contributed by atoms with Crippen molar-refractivity contribution in [2.24, 2.45) is 0 Å². The van der Waals surface area contributed by atoms with Crippen molar-refractivity contribution >= 4 is 51.8 Å². The molecule has 0 radical (unpaired) electrons. The highest BCUT2D eigenvalue weighted by Gasteiger charge is 2.09. The Hall–Kier alpha value is -3.10. The minimum atomic E-state index is -0.395. The van der Waals surface area contributed by atoms with E-state index < -0.39 is 5.97 Å². The lowest BCUT2D eigenvalue weighted by Gasteiger charge is -1.98. The number of esters is 1. The Morgan fingerprint density at radius 2 is 2.00 bits per heavy atom. The van der Waals surface area contributed by atoms with E-state index in [1.807, 2.05) is 23.6 Å². The Morgan fingerprint density at radius 1 is 1.19 bits per heavy atom. The lowest BCUT2D eigenvalue weighted by molar-refractivity contribution is 0.0600. The molecule has 134 valence electrons. The zero-order valence-corrected chi connectivity index (χ0v) is 15.8. The van der Waals surface area contributed by atoms with Gasteiger partial charge in [0, 0.05) is 4.88 Å². The summed E-state index contributed by atoms with van der Waals surface area (Å²) in [6, 6.07) is 10.8. The summed E-state index contributed by atoms with van der Waals surface area (Å²) >= 11 is 2.90. The molecule has 0 saturated heterocycles.